The molecular weight excluding hydrogens is 504 g/mol. The van der Waals surface area contributed by atoms with Gasteiger partial charge in [0.2, 0.25) is 5.89 Å². The Hall–Kier alpha value is -2.84. The summed E-state index contributed by atoms with van der Waals surface area (Å²) in [7, 11) is 0. The molecule has 0 spiro atoms. The number of aryl methyl sites for hydroxylation is 1. The summed E-state index contributed by atoms with van der Waals surface area (Å²) in [6.45, 7) is 1.95. The molecule has 0 aliphatic heterocycles. The Balaban J connectivity index is 1.67. The van der Waals surface area contributed by atoms with Gasteiger partial charge in [0.15, 0.2) is 5.58 Å². The summed E-state index contributed by atoms with van der Waals surface area (Å²) >= 11 is 6.34. The van der Waals surface area contributed by atoms with Crippen molar-refractivity contribution < 1.29 is 19.7 Å². The average Bonchev–Trinajstić information content (AvgIpc) is 3.13. The van der Waals surface area contributed by atoms with Crippen LogP contribution in [0.15, 0.2) is 60.8 Å². The van der Waals surface area contributed by atoms with Gasteiger partial charge in [-0.25, -0.2) is 4.98 Å². The highest BCUT2D eigenvalue weighted by atomic mass is 79.9. The largest absolute Gasteiger partial charge is 0.507 e. The Kier molecular flexibility index (Phi) is 5.06. The molecule has 0 aliphatic rings. The lowest BCUT2D eigenvalue weighted by Gasteiger charge is -2.06. The lowest BCUT2D eigenvalue weighted by atomic mass is 10.1. The van der Waals surface area contributed by atoms with Crippen molar-refractivity contribution in [2.24, 2.45) is 4.99 Å². The maximum Gasteiger partial charge on any atom is 0.231 e. The van der Waals surface area contributed by atoms with Crippen molar-refractivity contribution in [2.45, 2.75) is 6.92 Å². The van der Waals surface area contributed by atoms with E-state index in [1.807, 2.05) is 25.1 Å². The van der Waals surface area contributed by atoms with Crippen molar-refractivity contribution in [3.05, 3.63) is 62.5 Å². The zero-order valence-electron chi connectivity index (χ0n) is 15.0. The van der Waals surface area contributed by atoms with Crippen molar-refractivity contribution in [1.29, 1.82) is 0 Å². The van der Waals surface area contributed by atoms with Crippen molar-refractivity contribution in [3.63, 3.8) is 0 Å². The lowest BCUT2D eigenvalue weighted by Crippen LogP contribution is -1.86. The molecule has 8 heteroatoms. The molecule has 0 bridgehead atoms. The molecule has 4 aromatic rings. The average molecular weight is 518 g/mol. The SMILES string of the molecule is Cc1cccc2oc(-c3ccc(N=Cc4cc(Br)c(O)c(Br)c4O)cc3O)nc12. The van der Waals surface area contributed by atoms with Crippen molar-refractivity contribution in [1.82, 2.24) is 4.98 Å². The van der Waals surface area contributed by atoms with Crippen molar-refractivity contribution in [3.8, 4) is 28.7 Å². The molecule has 1 aromatic heterocycles. The number of hydrogen-bond donors (Lipinski definition) is 3. The third-order valence-electron chi connectivity index (χ3n) is 4.38. The number of phenolic OH excluding ortho intramolecular Hbond substituents is 3. The van der Waals surface area contributed by atoms with E-state index in [2.05, 4.69) is 41.8 Å². The lowest BCUT2D eigenvalue weighted by molar-refractivity contribution is 0.442. The number of rotatable bonds is 3. The molecule has 0 unspecified atom stereocenters. The van der Waals surface area contributed by atoms with E-state index in [-0.39, 0.29) is 21.7 Å². The van der Waals surface area contributed by atoms with Crippen LogP contribution in [0, 0.1) is 6.92 Å². The molecule has 0 fully saturated rings. The number of para-hydroxylation sites is 1. The predicted octanol–water partition coefficient (Wildman–Crippen LogP) is 6.20. The van der Waals surface area contributed by atoms with Gasteiger partial charge in [-0.3, -0.25) is 4.99 Å². The van der Waals surface area contributed by atoms with Crippen LogP contribution >= 0.6 is 31.9 Å². The van der Waals surface area contributed by atoms with Gasteiger partial charge in [0.1, 0.15) is 27.2 Å². The summed E-state index contributed by atoms with van der Waals surface area (Å²) in [4.78, 5) is 8.76. The molecule has 0 aliphatic carbocycles. The van der Waals surface area contributed by atoms with E-state index in [0.717, 1.165) is 11.1 Å². The number of phenols is 3. The summed E-state index contributed by atoms with van der Waals surface area (Å²) in [5.74, 6) is 0.0554. The molecule has 0 saturated carbocycles. The minimum atomic E-state index is -0.142. The second-order valence-corrected chi connectivity index (χ2v) is 8.01. The van der Waals surface area contributed by atoms with Gasteiger partial charge in [0.05, 0.1) is 15.7 Å². The first kappa shape index (κ1) is 19.5. The quantitative estimate of drug-likeness (QED) is 0.281. The molecule has 29 heavy (non-hydrogen) atoms. The number of aromatic nitrogens is 1. The first-order chi connectivity index (χ1) is 13.8. The molecule has 1 heterocycles. The monoisotopic (exact) mass is 516 g/mol. The Morgan fingerprint density at radius 3 is 2.55 bits per heavy atom. The highest BCUT2D eigenvalue weighted by Crippen LogP contribution is 2.41. The second kappa shape index (κ2) is 7.53. The van der Waals surface area contributed by atoms with E-state index < -0.39 is 0 Å². The molecule has 0 saturated heterocycles. The molecular formula is C21H14Br2N2O4. The number of hydrogen-bond acceptors (Lipinski definition) is 6. The molecule has 0 atom stereocenters. The molecule has 6 nitrogen and oxygen atoms in total. The summed E-state index contributed by atoms with van der Waals surface area (Å²) < 4.78 is 6.34. The Bertz CT molecular complexity index is 1280. The first-order valence-corrected chi connectivity index (χ1v) is 10.1. The highest BCUT2D eigenvalue weighted by Gasteiger charge is 2.15. The third kappa shape index (κ3) is 3.61. The van der Waals surface area contributed by atoms with Gasteiger partial charge in [0, 0.05) is 17.8 Å². The zero-order chi connectivity index (χ0) is 20.7. The fourth-order valence-corrected chi connectivity index (χ4v) is 4.00. The molecule has 3 aromatic carbocycles. The molecule has 146 valence electrons. The second-order valence-electron chi connectivity index (χ2n) is 6.36. The van der Waals surface area contributed by atoms with Gasteiger partial charge in [0.25, 0.3) is 0 Å². The minimum Gasteiger partial charge on any atom is -0.507 e. The van der Waals surface area contributed by atoms with Crippen LogP contribution in [0.25, 0.3) is 22.6 Å². The van der Waals surface area contributed by atoms with Gasteiger partial charge in [-0.05, 0) is 68.6 Å². The third-order valence-corrected chi connectivity index (χ3v) is 5.74. The maximum atomic E-state index is 10.4. The van der Waals surface area contributed by atoms with E-state index in [1.165, 1.54) is 18.3 Å². The minimum absolute atomic E-state index is 0.0267. The summed E-state index contributed by atoms with van der Waals surface area (Å²) in [5.41, 5.74) is 3.71. The van der Waals surface area contributed by atoms with Crippen LogP contribution in [0.2, 0.25) is 0 Å². The predicted molar refractivity (Wildman–Crippen MR) is 118 cm³/mol. The molecule has 4 rings (SSSR count). The fraction of sp³-hybridized carbons (Fsp3) is 0.0476. The van der Waals surface area contributed by atoms with E-state index in [9.17, 15) is 15.3 Å². The summed E-state index contributed by atoms with van der Waals surface area (Å²) in [5, 5.41) is 30.4. The molecule has 0 amide bonds. The van der Waals surface area contributed by atoms with Crippen LogP contribution in [0.3, 0.4) is 0 Å². The smallest absolute Gasteiger partial charge is 0.231 e. The van der Waals surface area contributed by atoms with Crippen molar-refractivity contribution >= 4 is 54.9 Å². The van der Waals surface area contributed by atoms with E-state index in [1.54, 1.807) is 12.1 Å². The standard InChI is InChI=1S/C21H14Br2N2O4/c1-10-3-2-4-16-18(10)25-21(29-16)13-6-5-12(8-15(13)26)24-9-11-7-14(22)20(28)17(23)19(11)27/h2-9,26-28H,1H3. The molecule has 3 N–H and O–H groups in total. The van der Waals surface area contributed by atoms with Crippen LogP contribution in [0.1, 0.15) is 11.1 Å². The van der Waals surface area contributed by atoms with Crippen LogP contribution in [0.4, 0.5) is 5.69 Å². The van der Waals surface area contributed by atoms with E-state index in [4.69, 9.17) is 4.42 Å². The summed E-state index contributed by atoms with van der Waals surface area (Å²) in [6, 6.07) is 12.1. The summed E-state index contributed by atoms with van der Waals surface area (Å²) in [6.07, 6.45) is 1.43. The highest BCUT2D eigenvalue weighted by molar-refractivity contribution is 9.11. The first-order valence-electron chi connectivity index (χ1n) is 8.48. The number of fused-ring (bicyclic) bond motifs is 1. The normalized spacial score (nSPS) is 11.6. The zero-order valence-corrected chi connectivity index (χ0v) is 18.2. The molecule has 0 radical (unpaired) electrons. The Morgan fingerprint density at radius 1 is 1.03 bits per heavy atom. The van der Waals surface area contributed by atoms with Gasteiger partial charge in [-0.15, -0.1) is 0 Å². The fourth-order valence-electron chi connectivity index (χ4n) is 2.84. The number of benzene rings is 3. The van der Waals surface area contributed by atoms with E-state index >= 15 is 0 Å². The number of aliphatic imine (C=N–C) groups is 1. The topological polar surface area (TPSA) is 99.1 Å². The van der Waals surface area contributed by atoms with Gasteiger partial charge in [-0.2, -0.15) is 0 Å². The van der Waals surface area contributed by atoms with Gasteiger partial charge >= 0.3 is 0 Å². The maximum absolute atomic E-state index is 10.4. The number of nitrogens with zero attached hydrogens (tertiary/aromatic N) is 2. The Labute approximate surface area is 182 Å². The van der Waals surface area contributed by atoms with Gasteiger partial charge < -0.3 is 19.7 Å². The van der Waals surface area contributed by atoms with Crippen LogP contribution < -0.4 is 0 Å². The Morgan fingerprint density at radius 2 is 1.83 bits per heavy atom. The van der Waals surface area contributed by atoms with Crippen LogP contribution in [0.5, 0.6) is 17.2 Å². The van der Waals surface area contributed by atoms with Gasteiger partial charge in [-0.1, -0.05) is 12.1 Å². The number of aromatic hydroxyl groups is 3. The van der Waals surface area contributed by atoms with E-state index in [0.29, 0.717) is 32.8 Å². The number of halogens is 2. The van der Waals surface area contributed by atoms with Crippen LogP contribution in [-0.4, -0.2) is 26.5 Å². The van der Waals surface area contributed by atoms with Crippen molar-refractivity contribution in [2.75, 3.05) is 0 Å². The number of oxazole rings is 1. The van der Waals surface area contributed by atoms with Crippen LogP contribution in [-0.2, 0) is 0 Å².